The summed E-state index contributed by atoms with van der Waals surface area (Å²) >= 11 is 0. The minimum atomic E-state index is -0.0335. The number of Topliss-reactive ketones (excluding diaryl/α,β-unsaturated/α-hetero) is 2. The van der Waals surface area contributed by atoms with Crippen molar-refractivity contribution in [1.82, 2.24) is 0 Å². The maximum atomic E-state index is 13.2. The molecule has 25 heavy (non-hydrogen) atoms. The predicted octanol–water partition coefficient (Wildman–Crippen LogP) is 5.58. The lowest BCUT2D eigenvalue weighted by atomic mass is 9.66. The maximum Gasteiger partial charge on any atom is 0.166 e. The molecule has 130 valence electrons. The van der Waals surface area contributed by atoms with E-state index in [1.165, 1.54) is 0 Å². The Morgan fingerprint density at radius 3 is 2.00 bits per heavy atom. The molecule has 0 bridgehead atoms. The van der Waals surface area contributed by atoms with Crippen molar-refractivity contribution in [2.45, 2.75) is 39.0 Å². The lowest BCUT2D eigenvalue weighted by Crippen LogP contribution is -2.35. The molecule has 0 amide bonds. The van der Waals surface area contributed by atoms with Gasteiger partial charge in [0, 0.05) is 23.5 Å². The Labute approximate surface area is 150 Å². The van der Waals surface area contributed by atoms with Crippen LogP contribution in [0.15, 0.2) is 60.7 Å². The van der Waals surface area contributed by atoms with Gasteiger partial charge >= 0.3 is 0 Å². The van der Waals surface area contributed by atoms with Crippen LogP contribution in [0, 0.1) is 17.8 Å². The lowest BCUT2D eigenvalue weighted by molar-refractivity contribution is 0.0669. The van der Waals surface area contributed by atoms with Crippen molar-refractivity contribution in [3.63, 3.8) is 0 Å². The minimum absolute atomic E-state index is 0.0335. The summed E-state index contributed by atoms with van der Waals surface area (Å²) in [5.41, 5.74) is 1.54. The second-order valence-electron chi connectivity index (χ2n) is 7.11. The monoisotopic (exact) mass is 334 g/mol. The molecule has 2 aromatic carbocycles. The van der Waals surface area contributed by atoms with E-state index >= 15 is 0 Å². The molecule has 2 nitrogen and oxygen atoms in total. The smallest absolute Gasteiger partial charge is 0.166 e. The zero-order valence-corrected chi connectivity index (χ0v) is 14.9. The molecule has 0 heterocycles. The Bertz CT molecular complexity index is 705. The molecule has 0 saturated heterocycles. The molecule has 0 radical (unpaired) electrons. The summed E-state index contributed by atoms with van der Waals surface area (Å²) in [7, 11) is 0. The summed E-state index contributed by atoms with van der Waals surface area (Å²) in [4.78, 5) is 25.9. The number of carbonyl (C=O) groups excluding carboxylic acids is 2. The van der Waals surface area contributed by atoms with Gasteiger partial charge in [0.05, 0.1) is 0 Å². The average Bonchev–Trinajstić information content (AvgIpc) is 2.68. The second-order valence-corrected chi connectivity index (χ2v) is 7.11. The summed E-state index contributed by atoms with van der Waals surface area (Å²) in [6, 6.07) is 19.0. The van der Waals surface area contributed by atoms with Crippen LogP contribution in [0.2, 0.25) is 0 Å². The summed E-state index contributed by atoms with van der Waals surface area (Å²) in [6.45, 7) is 2.16. The number of ketones is 2. The first-order chi connectivity index (χ1) is 12.2. The van der Waals surface area contributed by atoms with E-state index < -0.39 is 0 Å². The van der Waals surface area contributed by atoms with Crippen LogP contribution < -0.4 is 0 Å². The highest BCUT2D eigenvalue weighted by atomic mass is 16.1. The Kier molecular flexibility index (Phi) is 5.80. The van der Waals surface area contributed by atoms with Gasteiger partial charge in [-0.2, -0.15) is 0 Å². The van der Waals surface area contributed by atoms with E-state index in [9.17, 15) is 9.59 Å². The van der Waals surface area contributed by atoms with Gasteiger partial charge in [-0.05, 0) is 24.7 Å². The number of hydrogen-bond acceptors (Lipinski definition) is 2. The number of rotatable bonds is 6. The van der Waals surface area contributed by atoms with E-state index in [1.54, 1.807) is 0 Å². The average molecular weight is 334 g/mol. The van der Waals surface area contributed by atoms with Gasteiger partial charge in [0.1, 0.15) is 0 Å². The van der Waals surface area contributed by atoms with Crippen LogP contribution in [0.5, 0.6) is 0 Å². The molecule has 0 unspecified atom stereocenters. The van der Waals surface area contributed by atoms with Crippen molar-refractivity contribution < 1.29 is 9.59 Å². The number of carbonyl (C=O) groups is 2. The third-order valence-electron chi connectivity index (χ3n) is 5.59. The zero-order chi connectivity index (χ0) is 17.6. The highest BCUT2D eigenvalue weighted by Crippen LogP contribution is 2.41. The Morgan fingerprint density at radius 1 is 0.840 bits per heavy atom. The molecule has 0 aliphatic heterocycles. The first kappa shape index (κ1) is 17.6. The SMILES string of the molecule is CC[C@@H]1CCC[C@H](CC(=O)c2ccccc2)[C@H]1C(=O)c1ccccc1. The van der Waals surface area contributed by atoms with Crippen molar-refractivity contribution >= 4 is 11.6 Å². The van der Waals surface area contributed by atoms with Gasteiger partial charge in [0.25, 0.3) is 0 Å². The first-order valence-corrected chi connectivity index (χ1v) is 9.38. The van der Waals surface area contributed by atoms with Gasteiger partial charge in [-0.1, -0.05) is 80.4 Å². The quantitative estimate of drug-likeness (QED) is 0.646. The molecule has 1 saturated carbocycles. The van der Waals surface area contributed by atoms with Gasteiger partial charge in [-0.3, -0.25) is 9.59 Å². The van der Waals surface area contributed by atoms with Gasteiger partial charge in [0.2, 0.25) is 0 Å². The third kappa shape index (κ3) is 4.07. The molecule has 3 atom stereocenters. The van der Waals surface area contributed by atoms with Crippen molar-refractivity contribution in [3.8, 4) is 0 Å². The number of benzene rings is 2. The van der Waals surface area contributed by atoms with Crippen LogP contribution in [0.3, 0.4) is 0 Å². The van der Waals surface area contributed by atoms with Crippen LogP contribution >= 0.6 is 0 Å². The lowest BCUT2D eigenvalue weighted by Gasteiger charge is -2.37. The van der Waals surface area contributed by atoms with Gasteiger partial charge in [-0.25, -0.2) is 0 Å². The Morgan fingerprint density at radius 2 is 1.40 bits per heavy atom. The van der Waals surface area contributed by atoms with Crippen LogP contribution in [-0.2, 0) is 0 Å². The Balaban J connectivity index is 1.82. The van der Waals surface area contributed by atoms with Gasteiger partial charge in [-0.15, -0.1) is 0 Å². The van der Waals surface area contributed by atoms with Gasteiger partial charge in [0.15, 0.2) is 11.6 Å². The van der Waals surface area contributed by atoms with E-state index in [1.807, 2.05) is 60.7 Å². The summed E-state index contributed by atoms with van der Waals surface area (Å²) in [6.07, 6.45) is 4.65. The normalized spacial score (nSPS) is 23.2. The molecule has 1 fully saturated rings. The molecule has 3 rings (SSSR count). The molecular formula is C23H26O2. The van der Waals surface area contributed by atoms with Crippen molar-refractivity contribution in [2.24, 2.45) is 17.8 Å². The molecule has 0 spiro atoms. The summed E-state index contributed by atoms with van der Waals surface area (Å²) in [5.74, 6) is 0.884. The fraction of sp³-hybridized carbons (Fsp3) is 0.391. The van der Waals surface area contributed by atoms with E-state index in [2.05, 4.69) is 6.92 Å². The second kappa shape index (κ2) is 8.24. The minimum Gasteiger partial charge on any atom is -0.294 e. The molecule has 0 aromatic heterocycles. The molecule has 0 N–H and O–H groups in total. The molecule has 1 aliphatic rings. The summed E-state index contributed by atoms with van der Waals surface area (Å²) in [5, 5.41) is 0. The fourth-order valence-corrected chi connectivity index (χ4v) is 4.28. The van der Waals surface area contributed by atoms with E-state index in [0.717, 1.165) is 36.8 Å². The van der Waals surface area contributed by atoms with Crippen LogP contribution in [0.4, 0.5) is 0 Å². The zero-order valence-electron chi connectivity index (χ0n) is 14.9. The highest BCUT2D eigenvalue weighted by molar-refractivity contribution is 6.00. The van der Waals surface area contributed by atoms with Crippen LogP contribution in [0.25, 0.3) is 0 Å². The van der Waals surface area contributed by atoms with Crippen LogP contribution in [0.1, 0.15) is 59.7 Å². The van der Waals surface area contributed by atoms with Crippen molar-refractivity contribution in [1.29, 1.82) is 0 Å². The van der Waals surface area contributed by atoms with E-state index in [-0.39, 0.29) is 23.4 Å². The van der Waals surface area contributed by atoms with Crippen molar-refractivity contribution in [2.75, 3.05) is 0 Å². The number of hydrogen-bond donors (Lipinski definition) is 0. The molecular weight excluding hydrogens is 308 g/mol. The topological polar surface area (TPSA) is 34.1 Å². The maximum absolute atomic E-state index is 13.2. The van der Waals surface area contributed by atoms with Crippen molar-refractivity contribution in [3.05, 3.63) is 71.8 Å². The fourth-order valence-electron chi connectivity index (χ4n) is 4.28. The van der Waals surface area contributed by atoms with E-state index in [4.69, 9.17) is 0 Å². The van der Waals surface area contributed by atoms with E-state index in [0.29, 0.717) is 12.3 Å². The van der Waals surface area contributed by atoms with Crippen LogP contribution in [-0.4, -0.2) is 11.6 Å². The predicted molar refractivity (Wildman–Crippen MR) is 101 cm³/mol. The highest BCUT2D eigenvalue weighted by Gasteiger charge is 2.38. The molecule has 2 heteroatoms. The largest absolute Gasteiger partial charge is 0.294 e. The summed E-state index contributed by atoms with van der Waals surface area (Å²) < 4.78 is 0. The molecule has 1 aliphatic carbocycles. The third-order valence-corrected chi connectivity index (χ3v) is 5.59. The Hall–Kier alpha value is -2.22. The first-order valence-electron chi connectivity index (χ1n) is 9.38. The van der Waals surface area contributed by atoms with Gasteiger partial charge < -0.3 is 0 Å². The standard InChI is InChI=1S/C23H26O2/c1-2-17-14-9-15-20(16-21(24)18-10-5-3-6-11-18)22(17)23(25)19-12-7-4-8-13-19/h3-8,10-13,17,20,22H,2,9,14-16H2,1H3/t17-,20-,22+/m1/s1. The molecule has 2 aromatic rings.